The molecular formula is C6H9NTi. The monoisotopic (exact) mass is 143 g/mol. The van der Waals surface area contributed by atoms with Crippen molar-refractivity contribution in [1.82, 2.24) is 4.98 Å². The summed E-state index contributed by atoms with van der Waals surface area (Å²) in [5.41, 5.74) is 2.60. The van der Waals surface area contributed by atoms with Crippen molar-refractivity contribution >= 4 is 0 Å². The van der Waals surface area contributed by atoms with Crippen molar-refractivity contribution in [2.45, 2.75) is 13.8 Å². The van der Waals surface area contributed by atoms with E-state index in [9.17, 15) is 0 Å². The summed E-state index contributed by atoms with van der Waals surface area (Å²) in [6.45, 7) is 4.15. The summed E-state index contributed by atoms with van der Waals surface area (Å²) in [6, 6.07) is 2.06. The number of nitrogens with one attached hydrogen (secondary N) is 1. The zero-order valence-electron chi connectivity index (χ0n) is 5.15. The maximum atomic E-state index is 3.07. The molecule has 0 fully saturated rings. The van der Waals surface area contributed by atoms with E-state index in [2.05, 4.69) is 24.9 Å². The van der Waals surface area contributed by atoms with Gasteiger partial charge in [0.1, 0.15) is 0 Å². The van der Waals surface area contributed by atoms with Crippen molar-refractivity contribution in [2.24, 2.45) is 0 Å². The van der Waals surface area contributed by atoms with Crippen LogP contribution in [0.15, 0.2) is 12.3 Å². The zero-order valence-corrected chi connectivity index (χ0v) is 6.72. The summed E-state index contributed by atoms with van der Waals surface area (Å²) in [4.78, 5) is 3.07. The summed E-state index contributed by atoms with van der Waals surface area (Å²) < 4.78 is 0. The molecule has 0 saturated heterocycles. The summed E-state index contributed by atoms with van der Waals surface area (Å²) in [5.74, 6) is 0. The molecule has 0 spiro atoms. The van der Waals surface area contributed by atoms with Gasteiger partial charge in [-0.1, -0.05) is 0 Å². The molecule has 0 radical (unpaired) electrons. The van der Waals surface area contributed by atoms with Crippen LogP contribution < -0.4 is 0 Å². The van der Waals surface area contributed by atoms with Gasteiger partial charge in [-0.05, 0) is 25.5 Å². The van der Waals surface area contributed by atoms with Crippen molar-refractivity contribution in [2.75, 3.05) is 0 Å². The van der Waals surface area contributed by atoms with E-state index in [0.29, 0.717) is 0 Å². The van der Waals surface area contributed by atoms with E-state index in [4.69, 9.17) is 0 Å². The minimum absolute atomic E-state index is 0. The van der Waals surface area contributed by atoms with Gasteiger partial charge in [-0.2, -0.15) is 0 Å². The van der Waals surface area contributed by atoms with E-state index in [-0.39, 0.29) is 21.7 Å². The molecule has 0 aromatic carbocycles. The molecule has 1 aromatic heterocycles. The topological polar surface area (TPSA) is 15.8 Å². The van der Waals surface area contributed by atoms with Gasteiger partial charge in [0.25, 0.3) is 0 Å². The maximum Gasteiger partial charge on any atom is 0.0145 e. The molecule has 0 atom stereocenters. The third-order valence-electron chi connectivity index (χ3n) is 1.22. The minimum atomic E-state index is 0. The van der Waals surface area contributed by atoms with E-state index in [1.165, 1.54) is 11.3 Å². The van der Waals surface area contributed by atoms with Crippen LogP contribution in [0.3, 0.4) is 0 Å². The fourth-order valence-corrected chi connectivity index (χ4v) is 0.531. The number of aryl methyl sites for hydroxylation is 2. The van der Waals surface area contributed by atoms with E-state index in [1.807, 2.05) is 6.20 Å². The first-order valence-corrected chi connectivity index (χ1v) is 2.41. The Hall–Kier alpha value is -0.00571. The van der Waals surface area contributed by atoms with Crippen molar-refractivity contribution in [3.8, 4) is 0 Å². The fraction of sp³-hybridized carbons (Fsp3) is 0.333. The molecule has 8 heavy (non-hydrogen) atoms. The molecule has 2 heteroatoms. The van der Waals surface area contributed by atoms with Gasteiger partial charge >= 0.3 is 0 Å². The van der Waals surface area contributed by atoms with Crippen LogP contribution in [-0.2, 0) is 21.7 Å². The first-order chi connectivity index (χ1) is 3.30. The number of aromatic nitrogens is 1. The normalized spacial score (nSPS) is 8.25. The van der Waals surface area contributed by atoms with Crippen LogP contribution in [0.25, 0.3) is 0 Å². The number of H-pyrrole nitrogens is 1. The molecule has 0 amide bonds. The number of hydrogen-bond acceptors (Lipinski definition) is 0. The molecule has 42 valence electrons. The van der Waals surface area contributed by atoms with Gasteiger partial charge in [0.2, 0.25) is 0 Å². The first kappa shape index (κ1) is 7.99. The molecule has 1 rings (SSSR count). The standard InChI is InChI=1S/C6H9N.Ti/c1-5-3-4-7-6(5)2;/h3-4,7H,1-2H3;. The van der Waals surface area contributed by atoms with Crippen LogP contribution in [0.2, 0.25) is 0 Å². The van der Waals surface area contributed by atoms with Crippen molar-refractivity contribution in [1.29, 1.82) is 0 Å². The quantitative estimate of drug-likeness (QED) is 0.531. The van der Waals surface area contributed by atoms with Crippen LogP contribution in [0.1, 0.15) is 11.3 Å². The predicted molar refractivity (Wildman–Crippen MR) is 30.3 cm³/mol. The Kier molecular flexibility index (Phi) is 3.10. The van der Waals surface area contributed by atoms with Crippen LogP contribution in [0, 0.1) is 13.8 Å². The Bertz CT molecular complexity index is 141. The van der Waals surface area contributed by atoms with Gasteiger partial charge < -0.3 is 4.98 Å². The molecule has 1 heterocycles. The van der Waals surface area contributed by atoms with Crippen molar-refractivity contribution < 1.29 is 21.7 Å². The molecule has 0 saturated carbocycles. The van der Waals surface area contributed by atoms with Gasteiger partial charge in [-0.15, -0.1) is 0 Å². The average molecular weight is 143 g/mol. The Morgan fingerprint density at radius 3 is 2.12 bits per heavy atom. The van der Waals surface area contributed by atoms with E-state index >= 15 is 0 Å². The van der Waals surface area contributed by atoms with Crippen molar-refractivity contribution in [3.63, 3.8) is 0 Å². The molecule has 0 aliphatic heterocycles. The molecule has 1 N–H and O–H groups in total. The second-order valence-electron chi connectivity index (χ2n) is 1.79. The second-order valence-corrected chi connectivity index (χ2v) is 1.79. The van der Waals surface area contributed by atoms with Crippen molar-refractivity contribution in [3.05, 3.63) is 23.5 Å². The number of hydrogen-bond donors (Lipinski definition) is 1. The molecule has 1 nitrogen and oxygen atoms in total. The Morgan fingerprint density at radius 2 is 2.00 bits per heavy atom. The minimum Gasteiger partial charge on any atom is -0.365 e. The van der Waals surface area contributed by atoms with Crippen LogP contribution in [0.5, 0.6) is 0 Å². The largest absolute Gasteiger partial charge is 0.365 e. The zero-order chi connectivity index (χ0) is 5.28. The number of aromatic amines is 1. The summed E-state index contributed by atoms with van der Waals surface area (Å²) in [5, 5.41) is 0. The second kappa shape index (κ2) is 3.11. The fourth-order valence-electron chi connectivity index (χ4n) is 0.531. The molecule has 0 aliphatic carbocycles. The number of rotatable bonds is 0. The Labute approximate surface area is 64.4 Å². The summed E-state index contributed by atoms with van der Waals surface area (Å²) >= 11 is 0. The van der Waals surface area contributed by atoms with E-state index in [0.717, 1.165) is 0 Å². The van der Waals surface area contributed by atoms with E-state index < -0.39 is 0 Å². The van der Waals surface area contributed by atoms with Gasteiger partial charge in [0, 0.05) is 33.6 Å². The summed E-state index contributed by atoms with van der Waals surface area (Å²) in [7, 11) is 0. The molecule has 0 bridgehead atoms. The SMILES string of the molecule is Cc1cc[nH]c1C.[Ti]. The van der Waals surface area contributed by atoms with Gasteiger partial charge in [0.15, 0.2) is 0 Å². The third-order valence-corrected chi connectivity index (χ3v) is 1.22. The molecule has 0 unspecified atom stereocenters. The smallest absolute Gasteiger partial charge is 0.0145 e. The average Bonchev–Trinajstić information content (AvgIpc) is 1.91. The predicted octanol–water partition coefficient (Wildman–Crippen LogP) is 1.63. The van der Waals surface area contributed by atoms with E-state index in [1.54, 1.807) is 0 Å². The van der Waals surface area contributed by atoms with Gasteiger partial charge in [0.05, 0.1) is 0 Å². The van der Waals surface area contributed by atoms with Crippen LogP contribution >= 0.6 is 0 Å². The van der Waals surface area contributed by atoms with Crippen LogP contribution in [-0.4, -0.2) is 4.98 Å². The van der Waals surface area contributed by atoms with Crippen LogP contribution in [0.4, 0.5) is 0 Å². The molecule has 0 aliphatic rings. The van der Waals surface area contributed by atoms with Gasteiger partial charge in [-0.25, -0.2) is 0 Å². The third kappa shape index (κ3) is 1.50. The summed E-state index contributed by atoms with van der Waals surface area (Å²) in [6.07, 6.45) is 1.95. The Morgan fingerprint density at radius 1 is 1.38 bits per heavy atom. The van der Waals surface area contributed by atoms with Gasteiger partial charge in [-0.3, -0.25) is 0 Å². The molecule has 1 aromatic rings. The maximum absolute atomic E-state index is 3.07. The molecular weight excluding hydrogens is 134 g/mol. The Balaban J connectivity index is 0.000000490. The first-order valence-electron chi connectivity index (χ1n) is 2.41.